The largest absolute Gasteiger partial charge is 0.494 e. The van der Waals surface area contributed by atoms with E-state index in [-0.39, 0.29) is 0 Å². The van der Waals surface area contributed by atoms with E-state index >= 15 is 0 Å². The van der Waals surface area contributed by atoms with Gasteiger partial charge >= 0.3 is 0 Å². The van der Waals surface area contributed by atoms with Crippen LogP contribution in [0.2, 0.25) is 0 Å². The molecule has 0 amide bonds. The molecule has 106 valence electrons. The summed E-state index contributed by atoms with van der Waals surface area (Å²) >= 11 is 0. The zero-order valence-corrected chi connectivity index (χ0v) is 12.3. The summed E-state index contributed by atoms with van der Waals surface area (Å²) < 4.78 is 5.72. The van der Waals surface area contributed by atoms with Crippen molar-refractivity contribution in [2.75, 3.05) is 6.61 Å². The molecule has 3 heteroatoms. The van der Waals surface area contributed by atoms with Crippen LogP contribution in [0.4, 0.5) is 0 Å². The zero-order valence-electron chi connectivity index (χ0n) is 12.3. The van der Waals surface area contributed by atoms with Crippen LogP contribution in [0.25, 0.3) is 11.4 Å². The van der Waals surface area contributed by atoms with Crippen molar-refractivity contribution in [2.24, 2.45) is 0 Å². The molecule has 2 rings (SSSR count). The fourth-order valence-electron chi connectivity index (χ4n) is 1.96. The first-order valence-electron chi connectivity index (χ1n) is 7.31. The Morgan fingerprint density at radius 3 is 2.30 bits per heavy atom. The van der Waals surface area contributed by atoms with Gasteiger partial charge in [-0.2, -0.15) is 0 Å². The highest BCUT2D eigenvalue weighted by atomic mass is 16.5. The molecular weight excluding hydrogens is 248 g/mol. The van der Waals surface area contributed by atoms with Gasteiger partial charge < -0.3 is 4.74 Å². The first-order valence-corrected chi connectivity index (χ1v) is 7.31. The normalized spacial score (nSPS) is 10.5. The standard InChI is InChI=1S/C17H22N2O/c1-3-4-5-6-11-20-16-9-7-15(8-10-16)17-18-12-14(2)13-19-17/h7-10,12-13H,3-6,11H2,1-2H3. The second-order valence-electron chi connectivity index (χ2n) is 5.02. The highest BCUT2D eigenvalue weighted by Gasteiger charge is 2.01. The van der Waals surface area contributed by atoms with E-state index < -0.39 is 0 Å². The van der Waals surface area contributed by atoms with Crippen molar-refractivity contribution in [3.63, 3.8) is 0 Å². The quantitative estimate of drug-likeness (QED) is 0.699. The van der Waals surface area contributed by atoms with E-state index in [1.165, 1.54) is 19.3 Å². The molecule has 0 bridgehead atoms. The molecule has 0 spiro atoms. The first-order chi connectivity index (χ1) is 9.79. The van der Waals surface area contributed by atoms with Crippen LogP contribution >= 0.6 is 0 Å². The van der Waals surface area contributed by atoms with Crippen LogP contribution in [0.1, 0.15) is 38.2 Å². The Balaban J connectivity index is 1.88. The lowest BCUT2D eigenvalue weighted by Crippen LogP contribution is -1.97. The van der Waals surface area contributed by atoms with Gasteiger partial charge in [0.05, 0.1) is 6.61 Å². The Hall–Kier alpha value is -1.90. The molecule has 0 unspecified atom stereocenters. The Morgan fingerprint density at radius 1 is 0.950 bits per heavy atom. The van der Waals surface area contributed by atoms with Crippen molar-refractivity contribution in [3.05, 3.63) is 42.2 Å². The Morgan fingerprint density at radius 2 is 1.65 bits per heavy atom. The van der Waals surface area contributed by atoms with Crippen LogP contribution in [-0.2, 0) is 0 Å². The summed E-state index contributed by atoms with van der Waals surface area (Å²) in [6.07, 6.45) is 8.57. The number of nitrogens with zero attached hydrogens (tertiary/aromatic N) is 2. The number of ether oxygens (including phenoxy) is 1. The zero-order chi connectivity index (χ0) is 14.2. The number of hydrogen-bond acceptors (Lipinski definition) is 3. The third-order valence-electron chi connectivity index (χ3n) is 3.16. The summed E-state index contributed by atoms with van der Waals surface area (Å²) in [4.78, 5) is 8.64. The van der Waals surface area contributed by atoms with Gasteiger partial charge in [-0.3, -0.25) is 0 Å². The van der Waals surface area contributed by atoms with Crippen molar-refractivity contribution in [1.82, 2.24) is 9.97 Å². The molecule has 0 saturated carbocycles. The molecule has 1 heterocycles. The Bertz CT molecular complexity index is 506. The molecule has 0 atom stereocenters. The summed E-state index contributed by atoms with van der Waals surface area (Å²) in [7, 11) is 0. The fourth-order valence-corrected chi connectivity index (χ4v) is 1.96. The van der Waals surface area contributed by atoms with E-state index in [4.69, 9.17) is 4.74 Å². The van der Waals surface area contributed by atoms with Gasteiger partial charge in [-0.1, -0.05) is 26.2 Å². The maximum absolute atomic E-state index is 5.72. The van der Waals surface area contributed by atoms with E-state index in [1.807, 2.05) is 43.6 Å². The highest BCUT2D eigenvalue weighted by molar-refractivity contribution is 5.55. The fraction of sp³-hybridized carbons (Fsp3) is 0.412. The molecule has 0 fully saturated rings. The number of unbranched alkanes of at least 4 members (excludes halogenated alkanes) is 3. The van der Waals surface area contributed by atoms with Gasteiger partial charge in [0.2, 0.25) is 0 Å². The molecule has 1 aromatic heterocycles. The van der Waals surface area contributed by atoms with Gasteiger partial charge in [-0.05, 0) is 43.2 Å². The van der Waals surface area contributed by atoms with Crippen LogP contribution in [-0.4, -0.2) is 16.6 Å². The predicted octanol–water partition coefficient (Wildman–Crippen LogP) is 4.41. The van der Waals surface area contributed by atoms with E-state index in [1.54, 1.807) is 0 Å². The van der Waals surface area contributed by atoms with Crippen molar-refractivity contribution in [2.45, 2.75) is 39.5 Å². The van der Waals surface area contributed by atoms with Crippen molar-refractivity contribution in [3.8, 4) is 17.1 Å². The summed E-state index contributed by atoms with van der Waals surface area (Å²) in [5, 5.41) is 0. The SMILES string of the molecule is CCCCCCOc1ccc(-c2ncc(C)cn2)cc1. The van der Waals surface area contributed by atoms with E-state index in [0.29, 0.717) is 0 Å². The molecule has 0 N–H and O–H groups in total. The third-order valence-corrected chi connectivity index (χ3v) is 3.16. The second-order valence-corrected chi connectivity index (χ2v) is 5.02. The molecule has 0 saturated heterocycles. The maximum Gasteiger partial charge on any atom is 0.159 e. The number of rotatable bonds is 7. The average molecular weight is 270 g/mol. The van der Waals surface area contributed by atoms with Crippen molar-refractivity contribution >= 4 is 0 Å². The molecular formula is C17H22N2O. The van der Waals surface area contributed by atoms with Crippen molar-refractivity contribution in [1.29, 1.82) is 0 Å². The average Bonchev–Trinajstić information content (AvgIpc) is 2.49. The topological polar surface area (TPSA) is 35.0 Å². The summed E-state index contributed by atoms with van der Waals surface area (Å²) in [6, 6.07) is 7.98. The smallest absolute Gasteiger partial charge is 0.159 e. The van der Waals surface area contributed by atoms with Crippen LogP contribution in [0.3, 0.4) is 0 Å². The molecule has 3 nitrogen and oxygen atoms in total. The molecule has 1 aromatic carbocycles. The number of benzene rings is 1. The number of aryl methyl sites for hydroxylation is 1. The summed E-state index contributed by atoms with van der Waals surface area (Å²) in [6.45, 7) is 4.99. The minimum Gasteiger partial charge on any atom is -0.494 e. The second kappa shape index (κ2) is 7.63. The van der Waals surface area contributed by atoms with Gasteiger partial charge in [0.15, 0.2) is 5.82 Å². The van der Waals surface area contributed by atoms with Gasteiger partial charge in [-0.15, -0.1) is 0 Å². The lowest BCUT2D eigenvalue weighted by atomic mass is 10.2. The monoisotopic (exact) mass is 270 g/mol. The van der Waals surface area contributed by atoms with Crippen LogP contribution in [0.5, 0.6) is 5.75 Å². The first kappa shape index (κ1) is 14.5. The van der Waals surface area contributed by atoms with Crippen LogP contribution in [0.15, 0.2) is 36.7 Å². The Kier molecular flexibility index (Phi) is 5.54. The predicted molar refractivity (Wildman–Crippen MR) is 81.8 cm³/mol. The van der Waals surface area contributed by atoms with E-state index in [0.717, 1.165) is 35.7 Å². The van der Waals surface area contributed by atoms with Gasteiger partial charge in [0, 0.05) is 18.0 Å². The molecule has 0 aliphatic carbocycles. The summed E-state index contributed by atoms with van der Waals surface area (Å²) in [5.74, 6) is 1.67. The Labute approximate surface area is 121 Å². The molecule has 0 radical (unpaired) electrons. The molecule has 2 aromatic rings. The van der Waals surface area contributed by atoms with E-state index in [9.17, 15) is 0 Å². The van der Waals surface area contributed by atoms with Gasteiger partial charge in [-0.25, -0.2) is 9.97 Å². The van der Waals surface area contributed by atoms with Crippen LogP contribution < -0.4 is 4.74 Å². The molecule has 20 heavy (non-hydrogen) atoms. The number of aromatic nitrogens is 2. The van der Waals surface area contributed by atoms with E-state index in [2.05, 4.69) is 16.9 Å². The lowest BCUT2D eigenvalue weighted by molar-refractivity contribution is 0.305. The highest BCUT2D eigenvalue weighted by Crippen LogP contribution is 2.19. The lowest BCUT2D eigenvalue weighted by Gasteiger charge is -2.06. The third kappa shape index (κ3) is 4.34. The van der Waals surface area contributed by atoms with Crippen molar-refractivity contribution < 1.29 is 4.74 Å². The molecule has 0 aliphatic heterocycles. The van der Waals surface area contributed by atoms with Gasteiger partial charge in [0.25, 0.3) is 0 Å². The summed E-state index contributed by atoms with van der Waals surface area (Å²) in [5.41, 5.74) is 2.09. The van der Waals surface area contributed by atoms with Crippen LogP contribution in [0, 0.1) is 6.92 Å². The minimum absolute atomic E-state index is 0.755. The molecule has 0 aliphatic rings. The minimum atomic E-state index is 0.755. The number of hydrogen-bond donors (Lipinski definition) is 0. The maximum atomic E-state index is 5.72. The van der Waals surface area contributed by atoms with Gasteiger partial charge in [0.1, 0.15) is 5.75 Å².